The molecule has 3 saturated carbocycles. The van der Waals surface area contributed by atoms with E-state index < -0.39 is 17.8 Å². The van der Waals surface area contributed by atoms with Crippen LogP contribution in [0.3, 0.4) is 0 Å². The maximum atomic E-state index is 12.3. The van der Waals surface area contributed by atoms with E-state index >= 15 is 0 Å². The molecule has 0 heterocycles. The minimum atomic E-state index is -0.705. The first kappa shape index (κ1) is 17.1. The molecule has 3 fully saturated rings. The average Bonchev–Trinajstić information content (AvgIpc) is 2.60. The van der Waals surface area contributed by atoms with Crippen LogP contribution in [0.5, 0.6) is 0 Å². The number of carbonyl (C=O) groups excluding carboxylic acids is 1. The topological polar surface area (TPSA) is 66.8 Å². The van der Waals surface area contributed by atoms with Crippen LogP contribution < -0.4 is 0 Å². The molecule has 4 nitrogen and oxygen atoms in total. The van der Waals surface area contributed by atoms with Gasteiger partial charge in [-0.05, 0) is 31.6 Å². The first-order valence-corrected chi connectivity index (χ1v) is 9.15. The third-order valence-electron chi connectivity index (χ3n) is 6.61. The number of rotatable bonds is 4. The molecule has 23 heavy (non-hydrogen) atoms. The van der Waals surface area contributed by atoms with Gasteiger partial charge in [0.25, 0.3) is 0 Å². The molecule has 2 N–H and O–H groups in total. The lowest BCUT2D eigenvalue weighted by molar-refractivity contribution is -0.206. The normalized spacial score (nSPS) is 43.2. The van der Waals surface area contributed by atoms with Crippen molar-refractivity contribution in [1.29, 1.82) is 0 Å². The van der Waals surface area contributed by atoms with Crippen molar-refractivity contribution in [2.75, 3.05) is 7.11 Å². The second kappa shape index (κ2) is 6.66. The number of hydrogen-bond donors (Lipinski definition) is 2. The van der Waals surface area contributed by atoms with Crippen molar-refractivity contribution in [1.82, 2.24) is 0 Å². The van der Waals surface area contributed by atoms with Crippen LogP contribution in [0.4, 0.5) is 0 Å². The highest BCUT2D eigenvalue weighted by Gasteiger charge is 2.65. The molecule has 0 amide bonds. The van der Waals surface area contributed by atoms with E-state index in [1.165, 1.54) is 19.3 Å². The molecule has 3 rings (SSSR count). The molecule has 0 aromatic carbocycles. The number of aliphatic hydroxyl groups excluding tert-OH is 2. The molecule has 0 aromatic rings. The van der Waals surface area contributed by atoms with Gasteiger partial charge in [0.1, 0.15) is 5.60 Å². The highest BCUT2D eigenvalue weighted by atomic mass is 16.5. The molecule has 6 atom stereocenters. The first-order chi connectivity index (χ1) is 11.0. The van der Waals surface area contributed by atoms with E-state index in [0.717, 1.165) is 12.8 Å². The van der Waals surface area contributed by atoms with Crippen LogP contribution >= 0.6 is 0 Å². The van der Waals surface area contributed by atoms with Gasteiger partial charge in [0.05, 0.1) is 12.2 Å². The molecular weight excluding hydrogens is 292 g/mol. The molecule has 3 aliphatic carbocycles. The molecule has 0 spiro atoms. The predicted molar refractivity (Wildman–Crippen MR) is 87.9 cm³/mol. The van der Waals surface area contributed by atoms with Crippen LogP contribution in [0.2, 0.25) is 0 Å². The Balaban J connectivity index is 1.72. The van der Waals surface area contributed by atoms with E-state index in [4.69, 9.17) is 4.74 Å². The fraction of sp³-hybridized carbons (Fsp3) is 0.842. The van der Waals surface area contributed by atoms with Gasteiger partial charge in [-0.15, -0.1) is 0 Å². The summed E-state index contributed by atoms with van der Waals surface area (Å²) in [6.45, 7) is 1.93. The number of ether oxygens (including phenoxy) is 1. The van der Waals surface area contributed by atoms with Crippen molar-refractivity contribution in [3.8, 4) is 0 Å². The summed E-state index contributed by atoms with van der Waals surface area (Å²) < 4.78 is 5.61. The molecule has 3 aliphatic rings. The van der Waals surface area contributed by atoms with Gasteiger partial charge in [-0.1, -0.05) is 38.3 Å². The Morgan fingerprint density at radius 2 is 1.96 bits per heavy atom. The summed E-state index contributed by atoms with van der Waals surface area (Å²) in [5.41, 5.74) is -0.705. The smallest absolute Gasteiger partial charge is 0.168 e. The highest BCUT2D eigenvalue weighted by molar-refractivity contribution is 5.96. The molecule has 0 bridgehead atoms. The highest BCUT2D eigenvalue weighted by Crippen LogP contribution is 2.54. The van der Waals surface area contributed by atoms with Crippen LogP contribution in [0, 0.1) is 23.7 Å². The number of carbonyl (C=O) groups is 1. The van der Waals surface area contributed by atoms with Gasteiger partial charge in [0.2, 0.25) is 0 Å². The van der Waals surface area contributed by atoms with Crippen molar-refractivity contribution in [2.24, 2.45) is 23.7 Å². The third kappa shape index (κ3) is 2.79. The van der Waals surface area contributed by atoms with Crippen molar-refractivity contribution in [3.05, 3.63) is 12.2 Å². The van der Waals surface area contributed by atoms with Crippen molar-refractivity contribution in [2.45, 2.75) is 69.7 Å². The van der Waals surface area contributed by atoms with Gasteiger partial charge in [-0.2, -0.15) is 0 Å². The zero-order valence-corrected chi connectivity index (χ0v) is 14.3. The number of fused-ring (bicyclic) bond motifs is 1. The van der Waals surface area contributed by atoms with Gasteiger partial charge in [0.15, 0.2) is 5.78 Å². The van der Waals surface area contributed by atoms with Crippen molar-refractivity contribution >= 4 is 5.78 Å². The molecule has 130 valence electrons. The van der Waals surface area contributed by atoms with Gasteiger partial charge in [-0.25, -0.2) is 0 Å². The van der Waals surface area contributed by atoms with E-state index in [-0.39, 0.29) is 23.5 Å². The van der Waals surface area contributed by atoms with Crippen LogP contribution in [0.25, 0.3) is 0 Å². The summed E-state index contributed by atoms with van der Waals surface area (Å²) >= 11 is 0. The third-order valence-corrected chi connectivity index (χ3v) is 6.61. The van der Waals surface area contributed by atoms with E-state index in [9.17, 15) is 15.0 Å². The zero-order valence-electron chi connectivity index (χ0n) is 14.3. The maximum Gasteiger partial charge on any atom is 0.168 e. The lowest BCUT2D eigenvalue weighted by atomic mass is 9.50. The minimum Gasteiger partial charge on any atom is -0.393 e. The van der Waals surface area contributed by atoms with Crippen molar-refractivity contribution in [3.63, 3.8) is 0 Å². The minimum absolute atomic E-state index is 0.0264. The van der Waals surface area contributed by atoms with E-state index in [2.05, 4.69) is 0 Å². The van der Waals surface area contributed by atoms with E-state index in [1.54, 1.807) is 7.11 Å². The molecule has 4 heteroatoms. The van der Waals surface area contributed by atoms with Crippen LogP contribution in [-0.2, 0) is 9.53 Å². The Labute approximate surface area is 138 Å². The Kier molecular flexibility index (Phi) is 4.96. The molecule has 0 saturated heterocycles. The molecule has 1 unspecified atom stereocenters. The van der Waals surface area contributed by atoms with Crippen LogP contribution in [0.15, 0.2) is 12.2 Å². The average molecular weight is 322 g/mol. The fourth-order valence-electron chi connectivity index (χ4n) is 5.21. The Bertz CT molecular complexity index is 468. The van der Waals surface area contributed by atoms with Crippen molar-refractivity contribution < 1.29 is 19.7 Å². The Morgan fingerprint density at radius 1 is 1.26 bits per heavy atom. The fourth-order valence-corrected chi connectivity index (χ4v) is 5.21. The summed E-state index contributed by atoms with van der Waals surface area (Å²) in [6.07, 6.45) is 9.96. The Morgan fingerprint density at radius 3 is 2.61 bits per heavy atom. The quantitative estimate of drug-likeness (QED) is 0.780. The van der Waals surface area contributed by atoms with E-state index in [0.29, 0.717) is 18.8 Å². The standard InChI is InChI=1S/C19H30O4/c1-12-17-14(8-9-15(20)13-6-4-3-5-7-13)16(21)10-11-19(17,23-2)18(12)22/h8-9,12-17,20-21H,3-7,10-11H2,1-2H3/t12?,14-,15+,16+,17+,19+/m1/s1. The Hall–Kier alpha value is -0.710. The van der Waals surface area contributed by atoms with Gasteiger partial charge >= 0.3 is 0 Å². The van der Waals surface area contributed by atoms with Gasteiger partial charge < -0.3 is 14.9 Å². The monoisotopic (exact) mass is 322 g/mol. The lowest BCUT2D eigenvalue weighted by Crippen LogP contribution is -2.69. The molecular formula is C19H30O4. The van der Waals surface area contributed by atoms with Crippen LogP contribution in [-0.4, -0.2) is 40.9 Å². The second-order valence-corrected chi connectivity index (χ2v) is 7.73. The largest absolute Gasteiger partial charge is 0.393 e. The first-order valence-electron chi connectivity index (χ1n) is 9.15. The summed E-state index contributed by atoms with van der Waals surface area (Å²) in [5, 5.41) is 20.9. The zero-order chi connectivity index (χ0) is 16.6. The SMILES string of the molecule is CO[C@@]12CC[C@H](O)[C@@H](C=C[C@H](O)C3CCCCC3)[C@@H]1C(C)C2=O. The van der Waals surface area contributed by atoms with Crippen LogP contribution in [0.1, 0.15) is 51.9 Å². The maximum absolute atomic E-state index is 12.3. The number of aliphatic hydroxyl groups is 2. The number of hydrogen-bond acceptors (Lipinski definition) is 4. The summed E-state index contributed by atoms with van der Waals surface area (Å²) in [7, 11) is 1.60. The second-order valence-electron chi connectivity index (χ2n) is 7.73. The van der Waals surface area contributed by atoms with E-state index in [1.807, 2.05) is 19.1 Å². The summed E-state index contributed by atoms with van der Waals surface area (Å²) in [5.74, 6) is 0.357. The molecule has 0 aliphatic heterocycles. The predicted octanol–water partition coefficient (Wildman–Crippen LogP) is 2.47. The van der Waals surface area contributed by atoms with Gasteiger partial charge in [-0.3, -0.25) is 4.79 Å². The molecule has 0 aromatic heterocycles. The number of methoxy groups -OCH3 is 1. The number of ketones is 1. The summed E-state index contributed by atoms with van der Waals surface area (Å²) in [4.78, 5) is 12.3. The van der Waals surface area contributed by atoms with Gasteiger partial charge in [0, 0.05) is 24.9 Å². The number of Topliss-reactive ketones (excluding diaryl/α,β-unsaturated/α-hetero) is 1. The summed E-state index contributed by atoms with van der Waals surface area (Å²) in [6, 6.07) is 0. The molecule has 0 radical (unpaired) electrons. The lowest BCUT2D eigenvalue weighted by Gasteiger charge is -2.57.